The predicted octanol–water partition coefficient (Wildman–Crippen LogP) is 4.48. The van der Waals surface area contributed by atoms with Crippen LogP contribution < -0.4 is 5.32 Å². The van der Waals surface area contributed by atoms with Gasteiger partial charge in [-0.25, -0.2) is 4.98 Å². The quantitative estimate of drug-likeness (QED) is 0.748. The van der Waals surface area contributed by atoms with Gasteiger partial charge in [0.2, 0.25) is 5.91 Å². The van der Waals surface area contributed by atoms with Crippen molar-refractivity contribution in [2.75, 3.05) is 13.1 Å². The number of nitrogens with zero attached hydrogens (tertiary/aromatic N) is 2. The van der Waals surface area contributed by atoms with Gasteiger partial charge < -0.3 is 9.73 Å². The molecule has 1 amide bonds. The summed E-state index contributed by atoms with van der Waals surface area (Å²) < 4.78 is 6.62. The molecule has 152 valence electrons. The van der Waals surface area contributed by atoms with Crippen molar-refractivity contribution in [3.63, 3.8) is 0 Å². The van der Waals surface area contributed by atoms with E-state index in [-0.39, 0.29) is 11.8 Å². The standard InChI is InChI=1S/C21H29N3O2S2/c1-15-14-27-21(22-15)28-19-6-4-17(5-7-19)23-20(25)16-8-10-24(11-9-16)13-18-3-2-12-26-18/h2-3,12,14,16-17,19H,4-11,13H2,1H3,(H,23,25). The zero-order chi connectivity index (χ0) is 19.3. The largest absolute Gasteiger partial charge is 0.468 e. The number of hydrogen-bond donors (Lipinski definition) is 1. The molecule has 1 saturated heterocycles. The summed E-state index contributed by atoms with van der Waals surface area (Å²) in [6, 6.07) is 4.30. The summed E-state index contributed by atoms with van der Waals surface area (Å²) in [5.74, 6) is 1.44. The van der Waals surface area contributed by atoms with Gasteiger partial charge >= 0.3 is 0 Å². The molecule has 1 aliphatic heterocycles. The number of aryl methyl sites for hydroxylation is 1. The van der Waals surface area contributed by atoms with Crippen LogP contribution in [0.3, 0.4) is 0 Å². The molecule has 1 aliphatic carbocycles. The molecule has 2 fully saturated rings. The molecule has 7 heteroatoms. The fourth-order valence-electron chi connectivity index (χ4n) is 4.15. The molecule has 28 heavy (non-hydrogen) atoms. The van der Waals surface area contributed by atoms with E-state index in [1.54, 1.807) is 17.6 Å². The number of furan rings is 1. The number of thiazole rings is 1. The Morgan fingerprint density at radius 1 is 1.29 bits per heavy atom. The Morgan fingerprint density at radius 2 is 2.07 bits per heavy atom. The first kappa shape index (κ1) is 20.0. The van der Waals surface area contributed by atoms with E-state index < -0.39 is 0 Å². The lowest BCUT2D eigenvalue weighted by Gasteiger charge is -2.33. The van der Waals surface area contributed by atoms with E-state index in [0.717, 1.165) is 69.6 Å². The van der Waals surface area contributed by atoms with Gasteiger partial charge in [0, 0.05) is 28.3 Å². The first-order valence-electron chi connectivity index (χ1n) is 10.3. The molecule has 1 N–H and O–H groups in total. The van der Waals surface area contributed by atoms with Gasteiger partial charge in [-0.1, -0.05) is 11.8 Å². The zero-order valence-electron chi connectivity index (χ0n) is 16.4. The lowest BCUT2D eigenvalue weighted by atomic mass is 9.92. The molecular weight excluding hydrogens is 390 g/mol. The number of carbonyl (C=O) groups is 1. The van der Waals surface area contributed by atoms with Crippen LogP contribution in [0.15, 0.2) is 32.5 Å². The number of likely N-dealkylation sites (tertiary alicyclic amines) is 1. The van der Waals surface area contributed by atoms with Crippen molar-refractivity contribution >= 4 is 29.0 Å². The van der Waals surface area contributed by atoms with Crippen molar-refractivity contribution in [1.82, 2.24) is 15.2 Å². The molecule has 0 spiro atoms. The lowest BCUT2D eigenvalue weighted by Crippen LogP contribution is -2.44. The number of nitrogens with one attached hydrogen (secondary N) is 1. The SMILES string of the molecule is Cc1csc(SC2CCC(NC(=O)C3CCN(Cc4ccco4)CC3)CC2)n1. The Hall–Kier alpha value is -1.31. The van der Waals surface area contributed by atoms with E-state index in [1.807, 2.05) is 23.9 Å². The van der Waals surface area contributed by atoms with E-state index in [4.69, 9.17) is 4.42 Å². The maximum atomic E-state index is 12.7. The Kier molecular flexibility index (Phi) is 6.75. The molecule has 0 bridgehead atoms. The minimum absolute atomic E-state index is 0.165. The summed E-state index contributed by atoms with van der Waals surface area (Å²) >= 11 is 3.66. The molecule has 4 rings (SSSR count). The molecule has 0 radical (unpaired) electrons. The minimum Gasteiger partial charge on any atom is -0.468 e. The number of thioether (sulfide) groups is 1. The molecule has 5 nitrogen and oxygen atoms in total. The van der Waals surface area contributed by atoms with Crippen LogP contribution in [0.5, 0.6) is 0 Å². The molecule has 0 aromatic carbocycles. The molecule has 2 aromatic heterocycles. The van der Waals surface area contributed by atoms with Crippen molar-refractivity contribution in [3.05, 3.63) is 35.2 Å². The highest BCUT2D eigenvalue weighted by molar-refractivity contribution is 8.01. The van der Waals surface area contributed by atoms with Crippen LogP contribution in [0.1, 0.15) is 50.0 Å². The fourth-order valence-corrected chi connectivity index (χ4v) is 6.43. The third-order valence-electron chi connectivity index (χ3n) is 5.80. The van der Waals surface area contributed by atoms with Crippen molar-refractivity contribution in [2.45, 2.75) is 67.6 Å². The maximum Gasteiger partial charge on any atom is 0.223 e. The second-order valence-electron chi connectivity index (χ2n) is 7.98. The number of rotatable bonds is 6. The molecule has 0 unspecified atom stereocenters. The van der Waals surface area contributed by atoms with Gasteiger partial charge in [0.1, 0.15) is 10.1 Å². The topological polar surface area (TPSA) is 58.4 Å². The minimum atomic E-state index is 0.165. The van der Waals surface area contributed by atoms with Gasteiger partial charge in [0.05, 0.1) is 12.8 Å². The van der Waals surface area contributed by atoms with Crippen molar-refractivity contribution in [1.29, 1.82) is 0 Å². The highest BCUT2D eigenvalue weighted by atomic mass is 32.2. The summed E-state index contributed by atoms with van der Waals surface area (Å²) in [6.07, 6.45) is 8.12. The summed E-state index contributed by atoms with van der Waals surface area (Å²) in [4.78, 5) is 19.6. The summed E-state index contributed by atoms with van der Waals surface area (Å²) in [7, 11) is 0. The Labute approximate surface area is 175 Å². The van der Waals surface area contributed by atoms with Gasteiger partial charge in [-0.3, -0.25) is 9.69 Å². The van der Waals surface area contributed by atoms with E-state index >= 15 is 0 Å². The third kappa shape index (κ3) is 5.39. The highest BCUT2D eigenvalue weighted by Crippen LogP contribution is 2.35. The van der Waals surface area contributed by atoms with Crippen LogP contribution in [0.25, 0.3) is 0 Å². The predicted molar refractivity (Wildman–Crippen MR) is 114 cm³/mol. The van der Waals surface area contributed by atoms with Gasteiger partial charge in [0.25, 0.3) is 0 Å². The number of aromatic nitrogens is 1. The van der Waals surface area contributed by atoms with Gasteiger partial charge in [0.15, 0.2) is 0 Å². The average Bonchev–Trinajstić information content (AvgIpc) is 3.35. The molecule has 3 heterocycles. The lowest BCUT2D eigenvalue weighted by molar-refractivity contribution is -0.127. The van der Waals surface area contributed by atoms with E-state index in [2.05, 4.69) is 27.5 Å². The zero-order valence-corrected chi connectivity index (χ0v) is 18.1. The smallest absolute Gasteiger partial charge is 0.223 e. The number of piperidine rings is 1. The van der Waals surface area contributed by atoms with Crippen molar-refractivity contribution in [3.8, 4) is 0 Å². The van der Waals surface area contributed by atoms with Crippen LogP contribution >= 0.6 is 23.1 Å². The fraction of sp³-hybridized carbons (Fsp3) is 0.619. The van der Waals surface area contributed by atoms with Crippen LogP contribution in [-0.4, -0.2) is 40.2 Å². The maximum absolute atomic E-state index is 12.7. The Balaban J connectivity index is 1.16. The van der Waals surface area contributed by atoms with Crippen molar-refractivity contribution < 1.29 is 9.21 Å². The summed E-state index contributed by atoms with van der Waals surface area (Å²) in [5.41, 5.74) is 1.11. The first-order chi connectivity index (χ1) is 13.7. The molecule has 2 aliphatic rings. The highest BCUT2D eigenvalue weighted by Gasteiger charge is 2.29. The Bertz CT molecular complexity index is 746. The molecule has 0 atom stereocenters. The first-order valence-corrected chi connectivity index (χ1v) is 12.1. The second-order valence-corrected chi connectivity index (χ2v) is 10.4. The summed E-state index contributed by atoms with van der Waals surface area (Å²) in [6.45, 7) is 4.83. The third-order valence-corrected chi connectivity index (χ3v) is 8.23. The van der Waals surface area contributed by atoms with E-state index in [9.17, 15) is 4.79 Å². The average molecular weight is 420 g/mol. The van der Waals surface area contributed by atoms with Crippen LogP contribution in [-0.2, 0) is 11.3 Å². The van der Waals surface area contributed by atoms with Gasteiger partial charge in [-0.05, 0) is 70.7 Å². The van der Waals surface area contributed by atoms with Crippen LogP contribution in [0.4, 0.5) is 0 Å². The summed E-state index contributed by atoms with van der Waals surface area (Å²) in [5, 5.41) is 6.10. The number of carbonyl (C=O) groups excluding carboxylic acids is 1. The Morgan fingerprint density at radius 3 is 2.71 bits per heavy atom. The van der Waals surface area contributed by atoms with E-state index in [1.165, 1.54) is 4.34 Å². The molecule has 2 aromatic rings. The van der Waals surface area contributed by atoms with Crippen molar-refractivity contribution in [2.24, 2.45) is 5.92 Å². The number of amides is 1. The molecular formula is C21H29N3O2S2. The van der Waals surface area contributed by atoms with Gasteiger partial charge in [-0.15, -0.1) is 11.3 Å². The van der Waals surface area contributed by atoms with Crippen LogP contribution in [0.2, 0.25) is 0 Å². The van der Waals surface area contributed by atoms with E-state index in [0.29, 0.717) is 11.3 Å². The molecule has 1 saturated carbocycles. The van der Waals surface area contributed by atoms with Crippen LogP contribution in [0, 0.1) is 12.8 Å². The normalized spacial score (nSPS) is 24.3. The van der Waals surface area contributed by atoms with Gasteiger partial charge in [-0.2, -0.15) is 0 Å². The number of hydrogen-bond acceptors (Lipinski definition) is 6. The monoisotopic (exact) mass is 419 g/mol. The second kappa shape index (κ2) is 9.46.